The number of hydrogen-bond donors (Lipinski definition) is 1. The highest BCUT2D eigenvalue weighted by atomic mass is 79.9. The minimum atomic E-state index is -1.10. The van der Waals surface area contributed by atoms with Gasteiger partial charge in [-0.15, -0.1) is 0 Å². The number of nitrogens with zero attached hydrogens (tertiary/aromatic N) is 1. The molecule has 1 N–H and O–H groups in total. The van der Waals surface area contributed by atoms with Gasteiger partial charge in [0.05, 0.1) is 0 Å². The van der Waals surface area contributed by atoms with Crippen LogP contribution in [-0.4, -0.2) is 33.4 Å². The van der Waals surface area contributed by atoms with Gasteiger partial charge in [0.25, 0.3) is 0 Å². The first kappa shape index (κ1) is 20.6. The van der Waals surface area contributed by atoms with Gasteiger partial charge in [-0.3, -0.25) is 4.79 Å². The molecule has 148 valence electrons. The Kier molecular flexibility index (Phi) is 5.91. The number of cyclic esters (lactones) is 1. The van der Waals surface area contributed by atoms with Crippen LogP contribution in [0.25, 0.3) is 0 Å². The van der Waals surface area contributed by atoms with Crippen molar-refractivity contribution in [1.82, 2.24) is 4.90 Å². The molecule has 5 nitrogen and oxygen atoms in total. The summed E-state index contributed by atoms with van der Waals surface area (Å²) < 4.78 is 5.13. The van der Waals surface area contributed by atoms with Crippen LogP contribution in [0, 0.1) is 0 Å². The predicted octanol–water partition coefficient (Wildman–Crippen LogP) is 4.50. The normalized spacial score (nSPS) is 19.2. The molecule has 0 saturated carbocycles. The number of rotatable bonds is 4. The molecule has 0 aliphatic carbocycles. The number of carbonyl (C=O) groups is 2. The van der Waals surface area contributed by atoms with E-state index in [-0.39, 0.29) is 12.0 Å². The molecule has 0 unspecified atom stereocenters. The number of imide groups is 1. The third-order valence-corrected chi connectivity index (χ3v) is 5.79. The summed E-state index contributed by atoms with van der Waals surface area (Å²) in [6, 6.07) is 16.2. The van der Waals surface area contributed by atoms with Crippen LogP contribution in [0.15, 0.2) is 54.6 Å². The number of alkyl halides is 1. The number of hydrogen-bond acceptors (Lipinski definition) is 4. The Morgan fingerprint density at radius 1 is 1.14 bits per heavy atom. The third kappa shape index (κ3) is 3.98. The molecule has 2 aromatic rings. The molecule has 1 heterocycles. The highest BCUT2D eigenvalue weighted by Gasteiger charge is 2.43. The summed E-state index contributed by atoms with van der Waals surface area (Å²) in [7, 11) is 0. The summed E-state index contributed by atoms with van der Waals surface area (Å²) >= 11 is 3.33. The Morgan fingerprint density at radius 3 is 2.39 bits per heavy atom. The number of benzene rings is 2. The molecule has 0 radical (unpaired) electrons. The summed E-state index contributed by atoms with van der Waals surface area (Å²) in [5.41, 5.74) is 2.22. The van der Waals surface area contributed by atoms with E-state index in [0.29, 0.717) is 5.56 Å². The maximum atomic E-state index is 13.1. The van der Waals surface area contributed by atoms with E-state index in [4.69, 9.17) is 4.74 Å². The van der Waals surface area contributed by atoms with Crippen LogP contribution in [0.2, 0.25) is 0 Å². The number of carbonyl (C=O) groups excluding carboxylic acids is 2. The van der Waals surface area contributed by atoms with E-state index in [0.717, 1.165) is 16.0 Å². The van der Waals surface area contributed by atoms with Crippen LogP contribution in [0.5, 0.6) is 0 Å². The Balaban J connectivity index is 1.89. The average Bonchev–Trinajstić information content (AvgIpc) is 3.07. The van der Waals surface area contributed by atoms with Gasteiger partial charge in [0.2, 0.25) is 5.91 Å². The summed E-state index contributed by atoms with van der Waals surface area (Å²) in [6.07, 6.45) is -1.80. The number of halogens is 1. The van der Waals surface area contributed by atoms with Gasteiger partial charge in [-0.05, 0) is 22.1 Å². The first-order valence-corrected chi connectivity index (χ1v) is 10.1. The second kappa shape index (κ2) is 8.05. The van der Waals surface area contributed by atoms with Crippen molar-refractivity contribution in [2.45, 2.75) is 43.2 Å². The maximum absolute atomic E-state index is 13.1. The zero-order valence-corrected chi connectivity index (χ0v) is 17.7. The van der Waals surface area contributed by atoms with Crippen LogP contribution in [0.3, 0.4) is 0 Å². The highest BCUT2D eigenvalue weighted by Crippen LogP contribution is 2.36. The second-order valence-electron chi connectivity index (χ2n) is 7.90. The molecule has 28 heavy (non-hydrogen) atoms. The zero-order valence-electron chi connectivity index (χ0n) is 16.1. The molecular formula is C22H24BrNO4. The van der Waals surface area contributed by atoms with Gasteiger partial charge in [-0.1, -0.05) is 91.3 Å². The predicted molar refractivity (Wildman–Crippen MR) is 110 cm³/mol. The third-order valence-electron chi connectivity index (χ3n) is 4.90. The van der Waals surface area contributed by atoms with Gasteiger partial charge in [-0.25, -0.2) is 9.69 Å². The van der Waals surface area contributed by atoms with Gasteiger partial charge in [-0.2, -0.15) is 0 Å². The van der Waals surface area contributed by atoms with E-state index in [2.05, 4.69) is 15.9 Å². The molecule has 6 heteroatoms. The van der Waals surface area contributed by atoms with Crippen LogP contribution >= 0.6 is 15.9 Å². The summed E-state index contributed by atoms with van der Waals surface area (Å²) in [5, 5.41) is 11.0. The van der Waals surface area contributed by atoms with Crippen LogP contribution in [0.1, 0.15) is 49.6 Å². The lowest BCUT2D eigenvalue weighted by molar-refractivity contribution is -0.130. The fourth-order valence-corrected chi connectivity index (χ4v) is 3.95. The molecule has 3 atom stereocenters. The van der Waals surface area contributed by atoms with Crippen molar-refractivity contribution in [3.63, 3.8) is 0 Å². The Bertz CT molecular complexity index is 862. The largest absolute Gasteiger partial charge is 0.446 e. The SMILES string of the molecule is CC(C)(C)c1ccccc1[C@H](O)[C@H](Br)C(=O)N1C(=O)OC[C@@H]1c1ccccc1. The molecular weight excluding hydrogens is 422 g/mol. The topological polar surface area (TPSA) is 66.8 Å². The van der Waals surface area contributed by atoms with E-state index in [1.807, 2.05) is 75.4 Å². The lowest BCUT2D eigenvalue weighted by Crippen LogP contribution is -2.41. The fraction of sp³-hybridized carbons (Fsp3) is 0.364. The maximum Gasteiger partial charge on any atom is 0.417 e. The minimum absolute atomic E-state index is 0.100. The molecule has 0 spiro atoms. The zero-order chi connectivity index (χ0) is 20.5. The van der Waals surface area contributed by atoms with Crippen molar-refractivity contribution >= 4 is 27.9 Å². The minimum Gasteiger partial charge on any atom is -0.446 e. The lowest BCUT2D eigenvalue weighted by atomic mass is 9.82. The van der Waals surface area contributed by atoms with Gasteiger partial charge < -0.3 is 9.84 Å². The van der Waals surface area contributed by atoms with E-state index < -0.39 is 29.0 Å². The monoisotopic (exact) mass is 445 g/mol. The van der Waals surface area contributed by atoms with E-state index in [1.54, 1.807) is 0 Å². The highest BCUT2D eigenvalue weighted by molar-refractivity contribution is 9.10. The molecule has 0 bridgehead atoms. The van der Waals surface area contributed by atoms with Crippen LogP contribution < -0.4 is 0 Å². The molecule has 2 amide bonds. The van der Waals surface area contributed by atoms with Crippen LogP contribution in [-0.2, 0) is 14.9 Å². The smallest absolute Gasteiger partial charge is 0.417 e. The first-order chi connectivity index (χ1) is 13.2. The number of ether oxygens (including phenoxy) is 1. The van der Waals surface area contributed by atoms with Crippen molar-refractivity contribution in [2.75, 3.05) is 6.61 Å². The summed E-state index contributed by atoms with van der Waals surface area (Å²) in [6.45, 7) is 6.25. The van der Waals surface area contributed by atoms with Crippen molar-refractivity contribution in [1.29, 1.82) is 0 Å². The number of amides is 2. The Hall–Kier alpha value is -2.18. The van der Waals surface area contributed by atoms with Gasteiger partial charge in [0, 0.05) is 0 Å². The van der Waals surface area contributed by atoms with E-state index >= 15 is 0 Å². The first-order valence-electron chi connectivity index (χ1n) is 9.18. The molecule has 2 aromatic carbocycles. The van der Waals surface area contributed by atoms with Gasteiger partial charge in [0.1, 0.15) is 23.6 Å². The summed E-state index contributed by atoms with van der Waals surface area (Å²) in [5.74, 6) is -0.521. The summed E-state index contributed by atoms with van der Waals surface area (Å²) in [4.78, 5) is 25.5. The van der Waals surface area contributed by atoms with E-state index in [9.17, 15) is 14.7 Å². The molecule has 1 aliphatic heterocycles. The fourth-order valence-electron chi connectivity index (χ4n) is 3.45. The van der Waals surface area contributed by atoms with Gasteiger partial charge >= 0.3 is 6.09 Å². The van der Waals surface area contributed by atoms with Crippen molar-refractivity contribution in [3.8, 4) is 0 Å². The standard InChI is InChI=1S/C22H24BrNO4/c1-22(2,3)16-12-8-7-11-15(16)19(25)18(23)20(26)24-17(13-28-21(24)27)14-9-5-4-6-10-14/h4-12,17-19,25H,13H2,1-3H3/t17-,18+,19+/m1/s1. The second-order valence-corrected chi connectivity index (χ2v) is 8.88. The number of aliphatic hydroxyl groups is 1. The molecule has 0 aromatic heterocycles. The molecule has 1 fully saturated rings. The average molecular weight is 446 g/mol. The molecule has 1 saturated heterocycles. The van der Waals surface area contributed by atoms with E-state index in [1.165, 1.54) is 0 Å². The van der Waals surface area contributed by atoms with Crippen molar-refractivity contribution in [3.05, 3.63) is 71.3 Å². The Morgan fingerprint density at radius 2 is 1.75 bits per heavy atom. The number of aliphatic hydroxyl groups excluding tert-OH is 1. The Labute approximate surface area is 173 Å². The molecule has 1 aliphatic rings. The van der Waals surface area contributed by atoms with Crippen molar-refractivity contribution in [2.24, 2.45) is 0 Å². The van der Waals surface area contributed by atoms with Crippen molar-refractivity contribution < 1.29 is 19.4 Å². The lowest BCUT2D eigenvalue weighted by Gasteiger charge is -2.29. The van der Waals surface area contributed by atoms with Gasteiger partial charge in [0.15, 0.2) is 0 Å². The van der Waals surface area contributed by atoms with Crippen LogP contribution in [0.4, 0.5) is 4.79 Å². The molecule has 3 rings (SSSR count). The quantitative estimate of drug-likeness (QED) is 0.703.